The van der Waals surface area contributed by atoms with Crippen LogP contribution in [0.2, 0.25) is 5.02 Å². The van der Waals surface area contributed by atoms with Gasteiger partial charge in [-0.15, -0.1) is 0 Å². The number of hydrogen-bond acceptors (Lipinski definition) is 1. The Bertz CT molecular complexity index is 435. The first-order valence-corrected chi connectivity index (χ1v) is 9.52. The molecule has 0 aliphatic heterocycles. The van der Waals surface area contributed by atoms with E-state index in [-0.39, 0.29) is 0 Å². The van der Waals surface area contributed by atoms with Crippen molar-refractivity contribution in [1.29, 1.82) is 0 Å². The van der Waals surface area contributed by atoms with Crippen LogP contribution in [0, 0.1) is 11.8 Å². The molecule has 0 bridgehead atoms. The van der Waals surface area contributed by atoms with Crippen LogP contribution in [-0.4, -0.2) is 13.1 Å². The van der Waals surface area contributed by atoms with E-state index in [0.29, 0.717) is 0 Å². The summed E-state index contributed by atoms with van der Waals surface area (Å²) in [5.41, 5.74) is 1.31. The van der Waals surface area contributed by atoms with Gasteiger partial charge in [0.2, 0.25) is 0 Å². The lowest BCUT2D eigenvalue weighted by Gasteiger charge is -2.26. The van der Waals surface area contributed by atoms with E-state index in [1.807, 2.05) is 6.07 Å². The molecule has 2 unspecified atom stereocenters. The zero-order valence-electron chi connectivity index (χ0n) is 13.0. The first kappa shape index (κ1) is 17.3. The minimum atomic E-state index is 0.774. The van der Waals surface area contributed by atoms with Crippen molar-refractivity contribution in [2.24, 2.45) is 11.8 Å². The number of rotatable bonds is 6. The third kappa shape index (κ3) is 5.58. The van der Waals surface area contributed by atoms with Crippen molar-refractivity contribution in [2.45, 2.75) is 51.9 Å². The van der Waals surface area contributed by atoms with E-state index in [1.54, 1.807) is 0 Å². The monoisotopic (exact) mass is 371 g/mol. The molecule has 21 heavy (non-hydrogen) atoms. The molecule has 1 aromatic carbocycles. The molecule has 1 fully saturated rings. The predicted octanol–water partition coefficient (Wildman–Crippen LogP) is 5.84. The van der Waals surface area contributed by atoms with Gasteiger partial charge in [0.25, 0.3) is 0 Å². The topological polar surface area (TPSA) is 12.0 Å². The minimum Gasteiger partial charge on any atom is -0.316 e. The van der Waals surface area contributed by atoms with E-state index in [9.17, 15) is 0 Å². The van der Waals surface area contributed by atoms with Gasteiger partial charge >= 0.3 is 0 Å². The molecule has 0 spiro atoms. The van der Waals surface area contributed by atoms with Crippen molar-refractivity contribution in [3.05, 3.63) is 33.3 Å². The summed E-state index contributed by atoms with van der Waals surface area (Å²) in [4.78, 5) is 0. The normalized spacial score (nSPS) is 23.0. The summed E-state index contributed by atoms with van der Waals surface area (Å²) in [5.74, 6) is 1.58. The summed E-state index contributed by atoms with van der Waals surface area (Å²) >= 11 is 9.91. The lowest BCUT2D eigenvalue weighted by atomic mass is 9.83. The number of halogens is 2. The zero-order valence-corrected chi connectivity index (χ0v) is 15.3. The van der Waals surface area contributed by atoms with Crippen molar-refractivity contribution in [3.8, 4) is 0 Å². The second kappa shape index (κ2) is 9.17. The van der Waals surface area contributed by atoms with Crippen LogP contribution in [0.15, 0.2) is 22.7 Å². The van der Waals surface area contributed by atoms with Crippen LogP contribution < -0.4 is 5.32 Å². The first-order chi connectivity index (χ1) is 10.2. The minimum absolute atomic E-state index is 0.774. The Labute approximate surface area is 143 Å². The molecule has 3 heteroatoms. The Balaban J connectivity index is 2.01. The molecule has 1 aliphatic rings. The fraction of sp³-hybridized carbons (Fsp3) is 0.667. The second-order valence-electron chi connectivity index (χ2n) is 6.30. The first-order valence-electron chi connectivity index (χ1n) is 8.35. The lowest BCUT2D eigenvalue weighted by Crippen LogP contribution is -2.29. The molecule has 1 nitrogen and oxygen atoms in total. The van der Waals surface area contributed by atoms with Crippen molar-refractivity contribution in [1.82, 2.24) is 5.32 Å². The summed E-state index contributed by atoms with van der Waals surface area (Å²) in [6.07, 6.45) is 9.24. The van der Waals surface area contributed by atoms with Gasteiger partial charge in [-0.1, -0.05) is 59.8 Å². The summed E-state index contributed by atoms with van der Waals surface area (Å²) in [5, 5.41) is 4.54. The summed E-state index contributed by atoms with van der Waals surface area (Å²) in [6.45, 7) is 4.55. The van der Waals surface area contributed by atoms with Gasteiger partial charge in [-0.05, 0) is 68.3 Å². The Morgan fingerprint density at radius 2 is 1.95 bits per heavy atom. The standard InChI is InChI=1S/C18H27BrClN/c1-2-10-21-13-16-7-5-3-4-6-14(16)11-15-8-9-17(19)12-18(15)20/h8-9,12,14,16,21H,2-7,10-11,13H2,1H3. The van der Waals surface area contributed by atoms with Gasteiger partial charge in [0.05, 0.1) is 0 Å². The molecule has 2 atom stereocenters. The molecular formula is C18H27BrClN. The van der Waals surface area contributed by atoms with E-state index in [4.69, 9.17) is 11.6 Å². The van der Waals surface area contributed by atoms with Gasteiger partial charge < -0.3 is 5.32 Å². The molecule has 1 aromatic rings. The van der Waals surface area contributed by atoms with Gasteiger partial charge in [0.15, 0.2) is 0 Å². The molecule has 2 rings (SSSR count). The third-order valence-electron chi connectivity index (χ3n) is 4.65. The van der Waals surface area contributed by atoms with Crippen LogP contribution in [0.1, 0.15) is 51.0 Å². The third-order valence-corrected chi connectivity index (χ3v) is 5.49. The fourth-order valence-electron chi connectivity index (χ4n) is 3.43. The van der Waals surface area contributed by atoms with Crippen molar-refractivity contribution >= 4 is 27.5 Å². The highest BCUT2D eigenvalue weighted by Gasteiger charge is 2.24. The van der Waals surface area contributed by atoms with Gasteiger partial charge in [-0.25, -0.2) is 0 Å². The van der Waals surface area contributed by atoms with Crippen LogP contribution in [0.25, 0.3) is 0 Å². The highest BCUT2D eigenvalue weighted by molar-refractivity contribution is 9.10. The highest BCUT2D eigenvalue weighted by atomic mass is 79.9. The van der Waals surface area contributed by atoms with E-state index in [1.165, 1.54) is 50.6 Å². The SMILES string of the molecule is CCCNCC1CCCCCC1Cc1ccc(Br)cc1Cl. The average molecular weight is 373 g/mol. The summed E-state index contributed by atoms with van der Waals surface area (Å²) < 4.78 is 1.07. The average Bonchev–Trinajstić information content (AvgIpc) is 2.68. The lowest BCUT2D eigenvalue weighted by molar-refractivity contribution is 0.298. The van der Waals surface area contributed by atoms with Crippen molar-refractivity contribution in [2.75, 3.05) is 13.1 Å². The molecule has 0 saturated heterocycles. The maximum Gasteiger partial charge on any atom is 0.0449 e. The molecule has 118 valence electrons. The van der Waals surface area contributed by atoms with Gasteiger partial charge in [0, 0.05) is 9.50 Å². The molecule has 0 radical (unpaired) electrons. The Morgan fingerprint density at radius 1 is 1.19 bits per heavy atom. The van der Waals surface area contributed by atoms with Gasteiger partial charge in [-0.2, -0.15) is 0 Å². The highest BCUT2D eigenvalue weighted by Crippen LogP contribution is 2.33. The smallest absolute Gasteiger partial charge is 0.0449 e. The van der Waals surface area contributed by atoms with Crippen LogP contribution >= 0.6 is 27.5 Å². The molecule has 1 N–H and O–H groups in total. The molecule has 0 heterocycles. The van der Waals surface area contributed by atoms with Gasteiger partial charge in [-0.3, -0.25) is 0 Å². The van der Waals surface area contributed by atoms with Crippen LogP contribution in [0.3, 0.4) is 0 Å². The number of benzene rings is 1. The maximum atomic E-state index is 6.42. The molecule has 1 aliphatic carbocycles. The van der Waals surface area contributed by atoms with Crippen LogP contribution in [-0.2, 0) is 6.42 Å². The molecular weight excluding hydrogens is 346 g/mol. The Morgan fingerprint density at radius 3 is 2.67 bits per heavy atom. The fourth-order valence-corrected chi connectivity index (χ4v) is 4.18. The second-order valence-corrected chi connectivity index (χ2v) is 7.63. The van der Waals surface area contributed by atoms with Gasteiger partial charge in [0.1, 0.15) is 0 Å². The van der Waals surface area contributed by atoms with Crippen molar-refractivity contribution < 1.29 is 0 Å². The number of hydrogen-bond donors (Lipinski definition) is 1. The zero-order chi connectivity index (χ0) is 15.1. The summed E-state index contributed by atoms with van der Waals surface area (Å²) in [6, 6.07) is 6.33. The van der Waals surface area contributed by atoms with E-state index in [2.05, 4.69) is 40.3 Å². The van der Waals surface area contributed by atoms with E-state index < -0.39 is 0 Å². The predicted molar refractivity (Wildman–Crippen MR) is 96.1 cm³/mol. The largest absolute Gasteiger partial charge is 0.316 e. The Hall–Kier alpha value is -0.0500. The number of nitrogens with one attached hydrogen (secondary N) is 1. The molecule has 0 aromatic heterocycles. The maximum absolute atomic E-state index is 6.42. The Kier molecular flexibility index (Phi) is 7.56. The molecule has 0 amide bonds. The van der Waals surface area contributed by atoms with E-state index in [0.717, 1.165) is 34.3 Å². The van der Waals surface area contributed by atoms with E-state index >= 15 is 0 Å². The quantitative estimate of drug-likeness (QED) is 0.488. The summed E-state index contributed by atoms with van der Waals surface area (Å²) in [7, 11) is 0. The van der Waals surface area contributed by atoms with Crippen LogP contribution in [0.4, 0.5) is 0 Å². The molecule has 1 saturated carbocycles. The van der Waals surface area contributed by atoms with Crippen molar-refractivity contribution in [3.63, 3.8) is 0 Å². The van der Waals surface area contributed by atoms with Crippen LogP contribution in [0.5, 0.6) is 0 Å².